The number of carbonyl (C=O) groups is 1. The van der Waals surface area contributed by atoms with E-state index in [4.69, 9.17) is 5.73 Å². The maximum Gasteiger partial charge on any atom is 0.229 e. The van der Waals surface area contributed by atoms with Crippen molar-refractivity contribution in [3.05, 3.63) is 0 Å². The number of nitrogens with zero attached hydrogens (tertiary/aromatic N) is 1. The van der Waals surface area contributed by atoms with E-state index in [0.717, 1.165) is 12.5 Å². The molecule has 1 saturated carbocycles. The second-order valence-electron chi connectivity index (χ2n) is 6.69. The lowest BCUT2D eigenvalue weighted by Gasteiger charge is -2.37. The number of amides is 1. The van der Waals surface area contributed by atoms with E-state index < -0.39 is 5.41 Å². The van der Waals surface area contributed by atoms with Crippen LogP contribution in [0.5, 0.6) is 0 Å². The molecule has 1 unspecified atom stereocenters. The first kappa shape index (κ1) is 13.9. The van der Waals surface area contributed by atoms with E-state index in [9.17, 15) is 4.79 Å². The molecule has 0 spiro atoms. The van der Waals surface area contributed by atoms with E-state index in [0.29, 0.717) is 12.6 Å². The minimum Gasteiger partial charge on any atom is -0.339 e. The van der Waals surface area contributed by atoms with Gasteiger partial charge in [0.2, 0.25) is 5.91 Å². The van der Waals surface area contributed by atoms with Gasteiger partial charge in [-0.3, -0.25) is 4.79 Å². The fourth-order valence-corrected chi connectivity index (χ4v) is 3.53. The number of rotatable bonds is 3. The van der Waals surface area contributed by atoms with Crippen LogP contribution in [0.2, 0.25) is 0 Å². The predicted molar refractivity (Wildman–Crippen MR) is 74.1 cm³/mol. The molecule has 1 aliphatic carbocycles. The Labute approximate surface area is 111 Å². The summed E-state index contributed by atoms with van der Waals surface area (Å²) >= 11 is 0. The van der Waals surface area contributed by atoms with Crippen LogP contribution < -0.4 is 5.73 Å². The minimum atomic E-state index is -0.392. The smallest absolute Gasteiger partial charge is 0.229 e. The Bertz CT molecular complexity index is 295. The summed E-state index contributed by atoms with van der Waals surface area (Å²) in [5, 5.41) is 0. The van der Waals surface area contributed by atoms with Gasteiger partial charge < -0.3 is 10.6 Å². The summed E-state index contributed by atoms with van der Waals surface area (Å²) in [6.07, 6.45) is 9.10. The first-order chi connectivity index (χ1) is 8.56. The average Bonchev–Trinajstić information content (AvgIpc) is 2.87. The molecule has 0 aromatic heterocycles. The molecule has 2 N–H and O–H groups in total. The third kappa shape index (κ3) is 2.71. The average molecular weight is 252 g/mol. The molecule has 3 nitrogen and oxygen atoms in total. The number of carbonyl (C=O) groups excluding carboxylic acids is 1. The molecule has 0 aromatic carbocycles. The van der Waals surface area contributed by atoms with Crippen molar-refractivity contribution in [1.82, 2.24) is 4.90 Å². The van der Waals surface area contributed by atoms with Crippen LogP contribution >= 0.6 is 0 Å². The van der Waals surface area contributed by atoms with Crippen LogP contribution in [0, 0.1) is 11.3 Å². The zero-order chi connectivity index (χ0) is 13.2. The highest BCUT2D eigenvalue weighted by Gasteiger charge is 2.40. The Morgan fingerprint density at radius 1 is 1.17 bits per heavy atom. The van der Waals surface area contributed by atoms with Crippen molar-refractivity contribution in [3.63, 3.8) is 0 Å². The van der Waals surface area contributed by atoms with Crippen molar-refractivity contribution in [2.24, 2.45) is 17.1 Å². The predicted octanol–water partition coefficient (Wildman–Crippen LogP) is 2.54. The summed E-state index contributed by atoms with van der Waals surface area (Å²) in [4.78, 5) is 14.8. The van der Waals surface area contributed by atoms with Crippen molar-refractivity contribution in [1.29, 1.82) is 0 Å². The van der Waals surface area contributed by atoms with Crippen molar-refractivity contribution in [3.8, 4) is 0 Å². The summed E-state index contributed by atoms with van der Waals surface area (Å²) < 4.78 is 0. The van der Waals surface area contributed by atoms with Crippen LogP contribution in [0.3, 0.4) is 0 Å². The van der Waals surface area contributed by atoms with Crippen molar-refractivity contribution in [2.45, 2.75) is 64.8 Å². The van der Waals surface area contributed by atoms with Crippen molar-refractivity contribution < 1.29 is 4.79 Å². The van der Waals surface area contributed by atoms with Gasteiger partial charge in [0.1, 0.15) is 0 Å². The van der Waals surface area contributed by atoms with E-state index in [1.807, 2.05) is 13.8 Å². The van der Waals surface area contributed by atoms with Crippen LogP contribution in [0.15, 0.2) is 0 Å². The molecule has 1 aliphatic heterocycles. The second kappa shape index (κ2) is 5.60. The van der Waals surface area contributed by atoms with Gasteiger partial charge in [-0.25, -0.2) is 0 Å². The Kier molecular flexibility index (Phi) is 4.31. The van der Waals surface area contributed by atoms with Crippen LogP contribution in [-0.2, 0) is 4.79 Å². The van der Waals surface area contributed by atoms with Gasteiger partial charge in [0, 0.05) is 19.1 Å². The molecule has 2 fully saturated rings. The van der Waals surface area contributed by atoms with Crippen LogP contribution in [0.25, 0.3) is 0 Å². The third-order valence-electron chi connectivity index (χ3n) is 4.84. The summed E-state index contributed by atoms with van der Waals surface area (Å²) in [6.45, 7) is 5.35. The Hall–Kier alpha value is -0.570. The molecule has 0 radical (unpaired) electrons. The lowest BCUT2D eigenvalue weighted by molar-refractivity contribution is -0.141. The van der Waals surface area contributed by atoms with Gasteiger partial charge >= 0.3 is 0 Å². The molecule has 2 aliphatic rings. The number of nitrogens with two attached hydrogens (primary N) is 1. The van der Waals surface area contributed by atoms with E-state index in [1.54, 1.807) is 0 Å². The fraction of sp³-hybridized carbons (Fsp3) is 0.933. The first-order valence-corrected chi connectivity index (χ1v) is 7.57. The van der Waals surface area contributed by atoms with E-state index in [2.05, 4.69) is 4.90 Å². The highest BCUT2D eigenvalue weighted by atomic mass is 16.2. The Morgan fingerprint density at radius 3 is 2.44 bits per heavy atom. The van der Waals surface area contributed by atoms with Crippen LogP contribution in [0.1, 0.15) is 58.8 Å². The molecular formula is C15H28N2O. The first-order valence-electron chi connectivity index (χ1n) is 7.57. The lowest BCUT2D eigenvalue weighted by Crippen LogP contribution is -2.49. The summed E-state index contributed by atoms with van der Waals surface area (Å²) in [5.74, 6) is 1.02. The van der Waals surface area contributed by atoms with E-state index >= 15 is 0 Å². The molecular weight excluding hydrogens is 224 g/mol. The SMILES string of the molecule is CC(C)(CN)C(=O)N1CCCC1C1CCCCC1. The van der Waals surface area contributed by atoms with Crippen molar-refractivity contribution in [2.75, 3.05) is 13.1 Å². The van der Waals surface area contributed by atoms with Gasteiger partial charge in [0.05, 0.1) is 5.41 Å². The molecule has 1 heterocycles. The van der Waals surface area contributed by atoms with Crippen molar-refractivity contribution >= 4 is 5.91 Å². The highest BCUT2D eigenvalue weighted by Crippen LogP contribution is 2.36. The molecule has 1 amide bonds. The fourth-order valence-electron chi connectivity index (χ4n) is 3.53. The molecule has 1 saturated heterocycles. The Morgan fingerprint density at radius 2 is 1.83 bits per heavy atom. The molecule has 3 heteroatoms. The molecule has 1 atom stereocenters. The monoisotopic (exact) mass is 252 g/mol. The van der Waals surface area contributed by atoms with Gasteiger partial charge in [-0.1, -0.05) is 19.3 Å². The van der Waals surface area contributed by atoms with E-state index in [1.165, 1.54) is 44.9 Å². The van der Waals surface area contributed by atoms with Gasteiger partial charge in [0.25, 0.3) is 0 Å². The molecule has 104 valence electrons. The summed E-state index contributed by atoms with van der Waals surface area (Å²) in [5.41, 5.74) is 5.36. The minimum absolute atomic E-state index is 0.276. The number of likely N-dealkylation sites (tertiary alicyclic amines) is 1. The van der Waals surface area contributed by atoms with Gasteiger partial charge in [-0.2, -0.15) is 0 Å². The van der Waals surface area contributed by atoms with Crippen LogP contribution in [0.4, 0.5) is 0 Å². The normalized spacial score (nSPS) is 26.6. The summed E-state index contributed by atoms with van der Waals surface area (Å²) in [6, 6.07) is 0.503. The molecule has 0 bridgehead atoms. The molecule has 2 rings (SSSR count). The zero-order valence-electron chi connectivity index (χ0n) is 12.0. The zero-order valence-corrected chi connectivity index (χ0v) is 12.0. The third-order valence-corrected chi connectivity index (χ3v) is 4.84. The highest BCUT2D eigenvalue weighted by molar-refractivity contribution is 5.82. The maximum absolute atomic E-state index is 12.6. The topological polar surface area (TPSA) is 46.3 Å². The van der Waals surface area contributed by atoms with Gasteiger partial charge in [0.15, 0.2) is 0 Å². The van der Waals surface area contributed by atoms with E-state index in [-0.39, 0.29) is 5.91 Å². The van der Waals surface area contributed by atoms with Gasteiger partial charge in [-0.05, 0) is 45.4 Å². The summed E-state index contributed by atoms with van der Waals surface area (Å²) in [7, 11) is 0. The standard InChI is InChI=1S/C15H28N2O/c1-15(2,11-16)14(18)17-10-6-9-13(17)12-7-4-3-5-8-12/h12-13H,3-11,16H2,1-2H3. The number of hydrogen-bond acceptors (Lipinski definition) is 2. The second-order valence-corrected chi connectivity index (χ2v) is 6.69. The quantitative estimate of drug-likeness (QED) is 0.839. The molecule has 18 heavy (non-hydrogen) atoms. The lowest BCUT2D eigenvalue weighted by atomic mass is 9.82. The molecule has 0 aromatic rings. The van der Waals surface area contributed by atoms with Gasteiger partial charge in [-0.15, -0.1) is 0 Å². The Balaban J connectivity index is 2.04. The number of hydrogen-bond donors (Lipinski definition) is 1. The largest absolute Gasteiger partial charge is 0.339 e. The van der Waals surface area contributed by atoms with Crippen LogP contribution in [-0.4, -0.2) is 29.9 Å². The maximum atomic E-state index is 12.6.